The summed E-state index contributed by atoms with van der Waals surface area (Å²) in [6.45, 7) is 5.11. The minimum Gasteiger partial charge on any atom is -0.459 e. The van der Waals surface area contributed by atoms with Crippen LogP contribution < -0.4 is 20.7 Å². The van der Waals surface area contributed by atoms with Crippen molar-refractivity contribution in [3.8, 4) is 0 Å². The number of hydrogen-bond donors (Lipinski definition) is 3. The van der Waals surface area contributed by atoms with Crippen molar-refractivity contribution in [2.24, 2.45) is 0 Å². The maximum absolute atomic E-state index is 12.0. The fourth-order valence-corrected chi connectivity index (χ4v) is 3.03. The molecule has 1 aromatic heterocycles. The van der Waals surface area contributed by atoms with Crippen LogP contribution in [0.1, 0.15) is 27.8 Å². The number of nitrogens with one attached hydrogen (secondary N) is 3. The van der Waals surface area contributed by atoms with Gasteiger partial charge >= 0.3 is 5.91 Å². The number of benzene rings is 1. The summed E-state index contributed by atoms with van der Waals surface area (Å²) in [5.41, 5.74) is 6.54. The first-order valence-electron chi connectivity index (χ1n) is 8.85. The molecule has 0 unspecified atom stereocenters. The SMILES string of the molecule is CC(=O)c1ccc(N2CC[NH+](CC(=O)NNC(=O)c3ccco3)CC2)cc1. The number of carbonyl (C=O) groups is 3. The molecule has 2 aromatic rings. The summed E-state index contributed by atoms with van der Waals surface area (Å²) in [7, 11) is 0. The molecule has 0 spiro atoms. The molecule has 3 N–H and O–H groups in total. The first kappa shape index (κ1) is 18.7. The lowest BCUT2D eigenvalue weighted by atomic mass is 10.1. The summed E-state index contributed by atoms with van der Waals surface area (Å²) >= 11 is 0. The number of anilines is 1. The molecular formula is C19H23N4O4+. The van der Waals surface area contributed by atoms with Crippen molar-refractivity contribution >= 4 is 23.3 Å². The Hall–Kier alpha value is -3.13. The van der Waals surface area contributed by atoms with Crippen molar-refractivity contribution in [2.75, 3.05) is 37.6 Å². The molecule has 2 heterocycles. The number of rotatable bonds is 5. The van der Waals surface area contributed by atoms with Gasteiger partial charge in [0.25, 0.3) is 5.91 Å². The zero-order valence-corrected chi connectivity index (χ0v) is 15.2. The van der Waals surface area contributed by atoms with Crippen molar-refractivity contribution in [1.29, 1.82) is 0 Å². The zero-order chi connectivity index (χ0) is 19.2. The number of amides is 2. The van der Waals surface area contributed by atoms with E-state index in [-0.39, 0.29) is 24.0 Å². The normalized spacial score (nSPS) is 14.6. The predicted octanol–water partition coefficient (Wildman–Crippen LogP) is -0.352. The Morgan fingerprint density at radius 2 is 1.78 bits per heavy atom. The largest absolute Gasteiger partial charge is 0.459 e. The average Bonchev–Trinajstić information content (AvgIpc) is 3.22. The van der Waals surface area contributed by atoms with Gasteiger partial charge in [0.1, 0.15) is 0 Å². The lowest BCUT2D eigenvalue weighted by Gasteiger charge is -2.33. The number of Topliss-reactive ketones (excluding diaryl/α,β-unsaturated/α-hetero) is 1. The molecular weight excluding hydrogens is 348 g/mol. The Labute approximate surface area is 157 Å². The number of hydrazine groups is 1. The summed E-state index contributed by atoms with van der Waals surface area (Å²) in [5, 5.41) is 0. The van der Waals surface area contributed by atoms with Gasteiger partial charge in [-0.3, -0.25) is 25.2 Å². The standard InChI is InChI=1S/C19H22N4O4/c1-14(24)15-4-6-16(7-5-15)23-10-8-22(9-11-23)13-18(25)20-21-19(26)17-3-2-12-27-17/h2-7,12H,8-11,13H2,1H3,(H,20,25)(H,21,26)/p+1. The van der Waals surface area contributed by atoms with E-state index in [9.17, 15) is 14.4 Å². The van der Waals surface area contributed by atoms with Gasteiger partial charge in [0.2, 0.25) is 0 Å². The van der Waals surface area contributed by atoms with Gasteiger partial charge in [0, 0.05) is 11.3 Å². The van der Waals surface area contributed by atoms with Crippen molar-refractivity contribution in [1.82, 2.24) is 10.9 Å². The fourth-order valence-electron chi connectivity index (χ4n) is 3.03. The van der Waals surface area contributed by atoms with Crippen molar-refractivity contribution in [3.63, 3.8) is 0 Å². The van der Waals surface area contributed by atoms with Gasteiger partial charge < -0.3 is 14.2 Å². The molecule has 0 radical (unpaired) electrons. The maximum Gasteiger partial charge on any atom is 0.305 e. The number of nitrogens with zero attached hydrogens (tertiary/aromatic N) is 1. The molecule has 0 saturated carbocycles. The Balaban J connectivity index is 1.41. The van der Waals surface area contributed by atoms with Crippen molar-refractivity contribution in [3.05, 3.63) is 54.0 Å². The highest BCUT2D eigenvalue weighted by Gasteiger charge is 2.22. The lowest BCUT2D eigenvalue weighted by molar-refractivity contribution is -0.892. The Morgan fingerprint density at radius 1 is 1.07 bits per heavy atom. The third kappa shape index (κ3) is 4.95. The first-order valence-corrected chi connectivity index (χ1v) is 8.85. The van der Waals surface area contributed by atoms with E-state index in [1.807, 2.05) is 24.3 Å². The van der Waals surface area contributed by atoms with E-state index in [0.717, 1.165) is 36.8 Å². The molecule has 142 valence electrons. The van der Waals surface area contributed by atoms with E-state index >= 15 is 0 Å². The van der Waals surface area contributed by atoms with Gasteiger partial charge in [-0.15, -0.1) is 0 Å². The van der Waals surface area contributed by atoms with Gasteiger partial charge in [-0.05, 0) is 43.3 Å². The summed E-state index contributed by atoms with van der Waals surface area (Å²) in [6, 6.07) is 10.7. The first-order chi connectivity index (χ1) is 13.0. The van der Waals surface area contributed by atoms with E-state index < -0.39 is 5.91 Å². The summed E-state index contributed by atoms with van der Waals surface area (Å²) < 4.78 is 4.96. The predicted molar refractivity (Wildman–Crippen MR) is 98.5 cm³/mol. The number of ketones is 1. The third-order valence-corrected chi connectivity index (χ3v) is 4.58. The maximum atomic E-state index is 12.0. The highest BCUT2D eigenvalue weighted by molar-refractivity contribution is 5.94. The van der Waals surface area contributed by atoms with E-state index in [1.54, 1.807) is 13.0 Å². The molecule has 8 nitrogen and oxygen atoms in total. The van der Waals surface area contributed by atoms with E-state index in [2.05, 4.69) is 15.8 Å². The molecule has 3 rings (SSSR count). The van der Waals surface area contributed by atoms with Crippen LogP contribution in [0.2, 0.25) is 0 Å². The summed E-state index contributed by atoms with van der Waals surface area (Å²) in [5.74, 6) is -0.528. The lowest BCUT2D eigenvalue weighted by Crippen LogP contribution is -3.16. The summed E-state index contributed by atoms with van der Waals surface area (Å²) in [4.78, 5) is 38.5. The minimum atomic E-state index is -0.484. The molecule has 0 atom stereocenters. The van der Waals surface area contributed by atoms with Crippen LogP contribution in [-0.4, -0.2) is 50.3 Å². The van der Waals surface area contributed by atoms with Crippen molar-refractivity contribution in [2.45, 2.75) is 6.92 Å². The molecule has 27 heavy (non-hydrogen) atoms. The van der Waals surface area contributed by atoms with Gasteiger partial charge in [0.05, 0.1) is 32.4 Å². The second-order valence-electron chi connectivity index (χ2n) is 6.50. The molecule has 0 bridgehead atoms. The van der Waals surface area contributed by atoms with Crippen LogP contribution in [0.5, 0.6) is 0 Å². The minimum absolute atomic E-state index is 0.0564. The fraction of sp³-hybridized carbons (Fsp3) is 0.316. The third-order valence-electron chi connectivity index (χ3n) is 4.58. The monoisotopic (exact) mass is 371 g/mol. The van der Waals surface area contributed by atoms with Crippen LogP contribution in [0.15, 0.2) is 47.1 Å². The highest BCUT2D eigenvalue weighted by Crippen LogP contribution is 2.15. The van der Waals surface area contributed by atoms with Gasteiger partial charge in [-0.1, -0.05) is 0 Å². The number of piperazine rings is 1. The molecule has 2 amide bonds. The van der Waals surface area contributed by atoms with Crippen LogP contribution in [0.3, 0.4) is 0 Å². The quantitative estimate of drug-likeness (QED) is 0.493. The van der Waals surface area contributed by atoms with E-state index in [1.165, 1.54) is 12.3 Å². The van der Waals surface area contributed by atoms with Crippen LogP contribution >= 0.6 is 0 Å². The molecule has 1 saturated heterocycles. The number of quaternary nitrogens is 1. The van der Waals surface area contributed by atoms with E-state index in [0.29, 0.717) is 5.56 Å². The molecule has 8 heteroatoms. The van der Waals surface area contributed by atoms with Crippen LogP contribution in [0.25, 0.3) is 0 Å². The number of hydrogen-bond acceptors (Lipinski definition) is 5. The smallest absolute Gasteiger partial charge is 0.305 e. The van der Waals surface area contributed by atoms with Crippen LogP contribution in [0, 0.1) is 0 Å². The second kappa shape index (κ2) is 8.50. The van der Waals surface area contributed by atoms with Gasteiger partial charge in [-0.25, -0.2) is 0 Å². The van der Waals surface area contributed by atoms with Gasteiger partial charge in [0.15, 0.2) is 18.1 Å². The van der Waals surface area contributed by atoms with Crippen molar-refractivity contribution < 1.29 is 23.7 Å². The summed E-state index contributed by atoms with van der Waals surface area (Å²) in [6.07, 6.45) is 1.40. The van der Waals surface area contributed by atoms with Crippen LogP contribution in [-0.2, 0) is 4.79 Å². The van der Waals surface area contributed by atoms with Crippen LogP contribution in [0.4, 0.5) is 5.69 Å². The Bertz CT molecular complexity index is 794. The molecule has 0 aliphatic carbocycles. The number of furan rings is 1. The highest BCUT2D eigenvalue weighted by atomic mass is 16.3. The zero-order valence-electron chi connectivity index (χ0n) is 15.2. The Morgan fingerprint density at radius 3 is 2.37 bits per heavy atom. The van der Waals surface area contributed by atoms with E-state index in [4.69, 9.17) is 4.42 Å². The van der Waals surface area contributed by atoms with Gasteiger partial charge in [-0.2, -0.15) is 0 Å². The number of carbonyl (C=O) groups excluding carboxylic acids is 3. The molecule has 1 aliphatic heterocycles. The molecule has 1 fully saturated rings. The Kier molecular flexibility index (Phi) is 5.87. The topological polar surface area (TPSA) is 96.1 Å². The molecule has 1 aromatic carbocycles. The molecule has 1 aliphatic rings. The average molecular weight is 371 g/mol. The second-order valence-corrected chi connectivity index (χ2v) is 6.50.